The summed E-state index contributed by atoms with van der Waals surface area (Å²) in [4.78, 5) is 14.7. The van der Waals surface area contributed by atoms with Crippen molar-refractivity contribution in [3.05, 3.63) is 0 Å². The highest BCUT2D eigenvalue weighted by Crippen LogP contribution is 2.34. The Hall–Kier alpha value is -0.710. The molecule has 0 saturated carbocycles. The molecular weight excluding hydrogens is 202 g/mol. The number of carbonyl (C=O) groups is 1. The number of hydrogen-bond donors (Lipinski definition) is 0. The number of amides is 1. The Morgan fingerprint density at radius 2 is 2.13 bits per heavy atom. The van der Waals surface area contributed by atoms with Crippen molar-refractivity contribution < 1.29 is 13.6 Å². The third kappa shape index (κ3) is 2.65. The molecule has 3 nitrogen and oxygen atoms in total. The molecule has 0 aromatic rings. The van der Waals surface area contributed by atoms with E-state index in [1.807, 2.05) is 11.8 Å². The second-order valence-electron chi connectivity index (χ2n) is 4.19. The van der Waals surface area contributed by atoms with Crippen molar-refractivity contribution in [3.8, 4) is 0 Å². The number of nitrogens with zero attached hydrogens (tertiary/aromatic N) is 2. The van der Waals surface area contributed by atoms with E-state index in [0.717, 1.165) is 0 Å². The van der Waals surface area contributed by atoms with Crippen molar-refractivity contribution in [2.24, 2.45) is 5.92 Å². The molecule has 0 spiro atoms. The summed E-state index contributed by atoms with van der Waals surface area (Å²) in [7, 11) is 3.03. The Kier molecular flexibility index (Phi) is 3.65. The van der Waals surface area contributed by atoms with Gasteiger partial charge in [0.25, 0.3) is 5.92 Å². The van der Waals surface area contributed by atoms with Crippen LogP contribution in [-0.2, 0) is 4.79 Å². The standard InChI is InChI=1S/C10H18F2N2O/c1-4-14-6-5-10(11,12)8(7-14)9(15)13(2)3/h8H,4-7H2,1-3H3. The quantitative estimate of drug-likeness (QED) is 0.694. The Bertz CT molecular complexity index is 244. The molecule has 88 valence electrons. The number of carbonyl (C=O) groups excluding carboxylic acids is 1. The first-order valence-electron chi connectivity index (χ1n) is 5.20. The molecule has 15 heavy (non-hydrogen) atoms. The second kappa shape index (κ2) is 4.43. The molecule has 1 amide bonds. The van der Waals surface area contributed by atoms with Crippen LogP contribution in [0.1, 0.15) is 13.3 Å². The van der Waals surface area contributed by atoms with Crippen LogP contribution in [0.15, 0.2) is 0 Å². The van der Waals surface area contributed by atoms with Gasteiger partial charge in [0, 0.05) is 33.6 Å². The highest BCUT2D eigenvalue weighted by atomic mass is 19.3. The minimum atomic E-state index is -2.85. The molecular formula is C10H18F2N2O. The summed E-state index contributed by atoms with van der Waals surface area (Å²) in [6.45, 7) is 3.18. The van der Waals surface area contributed by atoms with Crippen LogP contribution in [0.5, 0.6) is 0 Å². The van der Waals surface area contributed by atoms with E-state index in [9.17, 15) is 13.6 Å². The maximum Gasteiger partial charge on any atom is 0.262 e. The van der Waals surface area contributed by atoms with E-state index >= 15 is 0 Å². The van der Waals surface area contributed by atoms with Crippen molar-refractivity contribution in [2.75, 3.05) is 33.7 Å². The second-order valence-corrected chi connectivity index (χ2v) is 4.19. The molecule has 0 aliphatic carbocycles. The molecule has 0 radical (unpaired) electrons. The average Bonchev–Trinajstić information content (AvgIpc) is 2.16. The first-order valence-corrected chi connectivity index (χ1v) is 5.20. The highest BCUT2D eigenvalue weighted by molar-refractivity contribution is 5.79. The minimum Gasteiger partial charge on any atom is -0.348 e. The van der Waals surface area contributed by atoms with Gasteiger partial charge in [0.2, 0.25) is 5.91 Å². The molecule has 0 bridgehead atoms. The molecule has 1 rings (SSSR count). The van der Waals surface area contributed by atoms with Crippen LogP contribution in [0, 0.1) is 5.92 Å². The van der Waals surface area contributed by atoms with Crippen molar-refractivity contribution >= 4 is 5.91 Å². The SMILES string of the molecule is CCN1CCC(F)(F)C(C(=O)N(C)C)C1. The van der Waals surface area contributed by atoms with Gasteiger partial charge in [-0.25, -0.2) is 8.78 Å². The Morgan fingerprint density at radius 3 is 2.60 bits per heavy atom. The molecule has 0 N–H and O–H groups in total. The fourth-order valence-electron chi connectivity index (χ4n) is 1.82. The van der Waals surface area contributed by atoms with E-state index in [1.165, 1.54) is 19.0 Å². The molecule has 1 heterocycles. The lowest BCUT2D eigenvalue weighted by atomic mass is 9.92. The van der Waals surface area contributed by atoms with Crippen LogP contribution >= 0.6 is 0 Å². The number of likely N-dealkylation sites (tertiary alicyclic amines) is 1. The van der Waals surface area contributed by atoms with Crippen LogP contribution in [-0.4, -0.2) is 55.4 Å². The van der Waals surface area contributed by atoms with E-state index in [4.69, 9.17) is 0 Å². The summed E-state index contributed by atoms with van der Waals surface area (Å²) in [5.74, 6) is -4.51. The predicted molar refractivity (Wildman–Crippen MR) is 53.9 cm³/mol. The molecule has 1 aliphatic rings. The lowest BCUT2D eigenvalue weighted by Gasteiger charge is -2.37. The van der Waals surface area contributed by atoms with Crippen LogP contribution in [0.4, 0.5) is 8.78 Å². The Morgan fingerprint density at radius 1 is 1.53 bits per heavy atom. The summed E-state index contributed by atoms with van der Waals surface area (Å²) in [6, 6.07) is 0. The van der Waals surface area contributed by atoms with Crippen molar-refractivity contribution in [3.63, 3.8) is 0 Å². The van der Waals surface area contributed by atoms with Crippen molar-refractivity contribution in [1.29, 1.82) is 0 Å². The largest absolute Gasteiger partial charge is 0.348 e. The zero-order chi connectivity index (χ0) is 11.6. The number of piperidine rings is 1. The monoisotopic (exact) mass is 220 g/mol. The topological polar surface area (TPSA) is 23.6 Å². The smallest absolute Gasteiger partial charge is 0.262 e. The van der Waals surface area contributed by atoms with Crippen LogP contribution < -0.4 is 0 Å². The lowest BCUT2D eigenvalue weighted by Crippen LogP contribution is -2.52. The van der Waals surface area contributed by atoms with Crippen molar-refractivity contribution in [1.82, 2.24) is 9.80 Å². The van der Waals surface area contributed by atoms with Gasteiger partial charge in [-0.05, 0) is 6.54 Å². The molecule has 1 aliphatic heterocycles. The van der Waals surface area contributed by atoms with Crippen LogP contribution in [0.2, 0.25) is 0 Å². The first kappa shape index (κ1) is 12.4. The van der Waals surface area contributed by atoms with E-state index in [0.29, 0.717) is 13.1 Å². The fourth-order valence-corrected chi connectivity index (χ4v) is 1.82. The molecule has 5 heteroatoms. The van der Waals surface area contributed by atoms with E-state index < -0.39 is 17.7 Å². The van der Waals surface area contributed by atoms with E-state index in [2.05, 4.69) is 0 Å². The zero-order valence-electron chi connectivity index (χ0n) is 9.46. The molecule has 0 aromatic heterocycles. The molecule has 1 saturated heterocycles. The first-order chi connectivity index (χ1) is 6.88. The lowest BCUT2D eigenvalue weighted by molar-refractivity contribution is -0.157. The van der Waals surface area contributed by atoms with Gasteiger partial charge in [0.05, 0.1) is 0 Å². The van der Waals surface area contributed by atoms with Crippen LogP contribution in [0.25, 0.3) is 0 Å². The van der Waals surface area contributed by atoms with Gasteiger partial charge in [-0.3, -0.25) is 4.79 Å². The normalized spacial score (nSPS) is 26.3. The third-order valence-corrected chi connectivity index (χ3v) is 2.90. The minimum absolute atomic E-state index is 0.167. The summed E-state index contributed by atoms with van der Waals surface area (Å²) in [6.07, 6.45) is -0.217. The maximum absolute atomic E-state index is 13.5. The van der Waals surface area contributed by atoms with Gasteiger partial charge >= 0.3 is 0 Å². The van der Waals surface area contributed by atoms with Crippen LogP contribution in [0.3, 0.4) is 0 Å². The van der Waals surface area contributed by atoms with Gasteiger partial charge in [0.15, 0.2) is 0 Å². The van der Waals surface area contributed by atoms with Gasteiger partial charge < -0.3 is 9.80 Å². The maximum atomic E-state index is 13.5. The number of alkyl halides is 2. The summed E-state index contributed by atoms with van der Waals surface area (Å²) in [5, 5.41) is 0. The summed E-state index contributed by atoms with van der Waals surface area (Å²) in [5.41, 5.74) is 0. The van der Waals surface area contributed by atoms with Gasteiger partial charge in [-0.1, -0.05) is 6.92 Å². The van der Waals surface area contributed by atoms with Crippen molar-refractivity contribution in [2.45, 2.75) is 19.3 Å². The summed E-state index contributed by atoms with van der Waals surface area (Å²) < 4.78 is 27.0. The summed E-state index contributed by atoms with van der Waals surface area (Å²) >= 11 is 0. The molecule has 1 fully saturated rings. The fraction of sp³-hybridized carbons (Fsp3) is 0.900. The van der Waals surface area contributed by atoms with E-state index in [-0.39, 0.29) is 13.0 Å². The highest BCUT2D eigenvalue weighted by Gasteiger charge is 2.48. The van der Waals surface area contributed by atoms with Gasteiger partial charge in [-0.2, -0.15) is 0 Å². The number of rotatable bonds is 2. The van der Waals surface area contributed by atoms with Gasteiger partial charge in [-0.15, -0.1) is 0 Å². The molecule has 0 aromatic carbocycles. The number of hydrogen-bond acceptors (Lipinski definition) is 2. The molecule has 1 unspecified atom stereocenters. The predicted octanol–water partition coefficient (Wildman–Crippen LogP) is 1.05. The average molecular weight is 220 g/mol. The Labute approximate surface area is 89.0 Å². The Balaban J connectivity index is 2.76. The third-order valence-electron chi connectivity index (χ3n) is 2.90. The van der Waals surface area contributed by atoms with Gasteiger partial charge in [0.1, 0.15) is 5.92 Å². The molecule has 1 atom stereocenters. The number of halogens is 2. The van der Waals surface area contributed by atoms with E-state index in [1.54, 1.807) is 0 Å². The zero-order valence-corrected chi connectivity index (χ0v) is 9.46.